The van der Waals surface area contributed by atoms with Crippen LogP contribution in [0.1, 0.15) is 28.7 Å². The van der Waals surface area contributed by atoms with Crippen LogP contribution in [-0.2, 0) is 11.8 Å². The van der Waals surface area contributed by atoms with E-state index in [2.05, 4.69) is 10.4 Å². The maximum atomic E-state index is 12.4. The molecule has 0 saturated heterocycles. The lowest BCUT2D eigenvalue weighted by Gasteiger charge is -2.13. The first-order valence-corrected chi connectivity index (χ1v) is 7.01. The highest BCUT2D eigenvalue weighted by Gasteiger charge is 2.21. The lowest BCUT2D eigenvalue weighted by atomic mass is 10.2. The number of carboxylic acids is 1. The monoisotopic (exact) mass is 304 g/mol. The average Bonchev–Trinajstić information content (AvgIpc) is 2.98. The van der Waals surface area contributed by atoms with Crippen LogP contribution in [0.25, 0.3) is 5.82 Å². The zero-order chi connectivity index (χ0) is 16.4. The summed E-state index contributed by atoms with van der Waals surface area (Å²) >= 11 is 0. The highest BCUT2D eigenvalue weighted by atomic mass is 16.4. The summed E-state index contributed by atoms with van der Waals surface area (Å²) in [4.78, 5) is 23.2. The van der Waals surface area contributed by atoms with Crippen molar-refractivity contribution in [1.82, 2.24) is 19.7 Å². The van der Waals surface area contributed by atoms with Crippen LogP contribution in [0.15, 0.2) is 18.3 Å². The molecule has 1 unspecified atom stereocenters. The highest BCUT2D eigenvalue weighted by Crippen LogP contribution is 2.19. The van der Waals surface area contributed by atoms with E-state index in [1.807, 2.05) is 30.5 Å². The zero-order valence-corrected chi connectivity index (χ0v) is 13.1. The minimum atomic E-state index is -0.941. The molecule has 0 radical (unpaired) electrons. The second-order valence-corrected chi connectivity index (χ2v) is 5.41. The molecule has 2 rings (SSSR count). The third kappa shape index (κ3) is 2.88. The maximum absolute atomic E-state index is 12.4. The fourth-order valence-corrected chi connectivity index (χ4v) is 2.29. The number of amides is 1. The van der Waals surface area contributed by atoms with Crippen LogP contribution in [-0.4, -0.2) is 37.9 Å². The van der Waals surface area contributed by atoms with Gasteiger partial charge in [-0.25, -0.2) is 0 Å². The van der Waals surface area contributed by atoms with Crippen molar-refractivity contribution in [3.05, 3.63) is 35.3 Å². The van der Waals surface area contributed by atoms with Crippen molar-refractivity contribution in [2.75, 3.05) is 6.54 Å². The molecule has 0 spiro atoms. The highest BCUT2D eigenvalue weighted by molar-refractivity contribution is 5.97. The van der Waals surface area contributed by atoms with E-state index in [0.717, 1.165) is 11.4 Å². The lowest BCUT2D eigenvalue weighted by Crippen LogP contribution is -2.32. The molecule has 118 valence electrons. The van der Waals surface area contributed by atoms with Gasteiger partial charge in [0.2, 0.25) is 0 Å². The van der Waals surface area contributed by atoms with E-state index in [-0.39, 0.29) is 12.5 Å². The summed E-state index contributed by atoms with van der Waals surface area (Å²) in [7, 11) is 1.77. The van der Waals surface area contributed by atoms with Gasteiger partial charge in [-0.05, 0) is 26.0 Å². The number of aliphatic carboxylic acids is 1. The predicted molar refractivity (Wildman–Crippen MR) is 81.1 cm³/mol. The summed E-state index contributed by atoms with van der Waals surface area (Å²) in [6.07, 6.45) is 1.50. The van der Waals surface area contributed by atoms with Gasteiger partial charge >= 0.3 is 5.97 Å². The number of hydrogen-bond acceptors (Lipinski definition) is 3. The molecule has 1 amide bonds. The molecule has 2 N–H and O–H groups in total. The third-order valence-corrected chi connectivity index (χ3v) is 3.63. The Hall–Kier alpha value is -2.57. The Balaban J connectivity index is 2.30. The van der Waals surface area contributed by atoms with Gasteiger partial charge < -0.3 is 15.0 Å². The molecule has 0 fully saturated rings. The zero-order valence-electron chi connectivity index (χ0n) is 13.1. The Bertz CT molecular complexity index is 695. The van der Waals surface area contributed by atoms with Gasteiger partial charge in [-0.2, -0.15) is 5.10 Å². The molecule has 7 heteroatoms. The van der Waals surface area contributed by atoms with Crippen LogP contribution in [0.4, 0.5) is 0 Å². The molecule has 22 heavy (non-hydrogen) atoms. The van der Waals surface area contributed by atoms with Gasteiger partial charge in [0.15, 0.2) is 0 Å². The molecule has 0 aliphatic heterocycles. The number of nitrogens with zero attached hydrogens (tertiary/aromatic N) is 3. The number of aromatic nitrogens is 3. The number of hydrogen-bond donors (Lipinski definition) is 2. The molecular formula is C15H20N4O3. The molecule has 7 nitrogen and oxygen atoms in total. The van der Waals surface area contributed by atoms with Gasteiger partial charge in [-0.1, -0.05) is 6.92 Å². The Labute approximate surface area is 128 Å². The van der Waals surface area contributed by atoms with E-state index in [9.17, 15) is 9.59 Å². The summed E-state index contributed by atoms with van der Waals surface area (Å²) in [5.74, 6) is -1.24. The number of carbonyl (C=O) groups excluding carboxylic acids is 1. The minimum absolute atomic E-state index is 0.0755. The summed E-state index contributed by atoms with van der Waals surface area (Å²) in [5.41, 5.74) is 2.41. The maximum Gasteiger partial charge on any atom is 0.308 e. The second-order valence-electron chi connectivity index (χ2n) is 5.41. The average molecular weight is 304 g/mol. The second kappa shape index (κ2) is 6.05. The van der Waals surface area contributed by atoms with Crippen molar-refractivity contribution in [2.45, 2.75) is 20.8 Å². The van der Waals surface area contributed by atoms with Crippen LogP contribution < -0.4 is 5.32 Å². The van der Waals surface area contributed by atoms with E-state index in [4.69, 9.17) is 5.11 Å². The van der Waals surface area contributed by atoms with Gasteiger partial charge in [0.1, 0.15) is 11.4 Å². The molecule has 2 aromatic rings. The van der Waals surface area contributed by atoms with Crippen molar-refractivity contribution < 1.29 is 14.7 Å². The van der Waals surface area contributed by atoms with Gasteiger partial charge in [0.05, 0.1) is 12.1 Å². The molecule has 1 atom stereocenters. The summed E-state index contributed by atoms with van der Waals surface area (Å²) in [5, 5.41) is 15.7. The van der Waals surface area contributed by atoms with Crippen LogP contribution in [0.3, 0.4) is 0 Å². The fourth-order valence-electron chi connectivity index (χ4n) is 2.29. The lowest BCUT2D eigenvalue weighted by molar-refractivity contribution is -0.140. The Morgan fingerprint density at radius 3 is 2.45 bits per heavy atom. The first-order valence-electron chi connectivity index (χ1n) is 7.01. The van der Waals surface area contributed by atoms with Gasteiger partial charge in [-0.3, -0.25) is 14.3 Å². The summed E-state index contributed by atoms with van der Waals surface area (Å²) < 4.78 is 3.58. The smallest absolute Gasteiger partial charge is 0.308 e. The quantitative estimate of drug-likeness (QED) is 0.871. The predicted octanol–water partition coefficient (Wildman–Crippen LogP) is 1.28. The molecule has 0 aliphatic rings. The molecule has 2 heterocycles. The summed E-state index contributed by atoms with van der Waals surface area (Å²) in [6.45, 7) is 5.53. The Morgan fingerprint density at radius 2 is 1.91 bits per heavy atom. The SMILES string of the molecule is Cc1ccc(C)n1-c1c(C(=O)NCC(C)C(=O)O)cnn1C. The number of carboxylic acid groups (broad SMARTS) is 1. The van der Waals surface area contributed by atoms with Crippen LogP contribution in [0, 0.1) is 19.8 Å². The third-order valence-electron chi connectivity index (χ3n) is 3.63. The van der Waals surface area contributed by atoms with Gasteiger partial charge in [0, 0.05) is 25.0 Å². The van der Waals surface area contributed by atoms with Gasteiger partial charge in [-0.15, -0.1) is 0 Å². The topological polar surface area (TPSA) is 89.2 Å². The number of carbonyl (C=O) groups is 2. The molecule has 0 aliphatic carbocycles. The first-order chi connectivity index (χ1) is 10.3. The molecular weight excluding hydrogens is 284 g/mol. The van der Waals surface area contributed by atoms with Crippen LogP contribution in [0.2, 0.25) is 0 Å². The minimum Gasteiger partial charge on any atom is -0.481 e. The number of aryl methyl sites for hydroxylation is 3. The Kier molecular flexibility index (Phi) is 4.35. The fraction of sp³-hybridized carbons (Fsp3) is 0.400. The van der Waals surface area contributed by atoms with E-state index in [1.54, 1.807) is 18.7 Å². The van der Waals surface area contributed by atoms with E-state index >= 15 is 0 Å². The van der Waals surface area contributed by atoms with E-state index in [0.29, 0.717) is 11.4 Å². The summed E-state index contributed by atoms with van der Waals surface area (Å²) in [6, 6.07) is 3.94. The van der Waals surface area contributed by atoms with Crippen molar-refractivity contribution in [1.29, 1.82) is 0 Å². The normalized spacial score (nSPS) is 12.2. The molecule has 2 aromatic heterocycles. The molecule has 0 saturated carbocycles. The number of nitrogens with one attached hydrogen (secondary N) is 1. The molecule has 0 bridgehead atoms. The largest absolute Gasteiger partial charge is 0.481 e. The van der Waals surface area contributed by atoms with Crippen molar-refractivity contribution in [3.8, 4) is 5.82 Å². The van der Waals surface area contributed by atoms with E-state index < -0.39 is 11.9 Å². The standard InChI is InChI=1S/C15H20N4O3/c1-9(15(21)22)7-16-13(20)12-8-17-18(4)14(12)19-10(2)5-6-11(19)3/h5-6,8-9H,7H2,1-4H3,(H,16,20)(H,21,22). The van der Waals surface area contributed by atoms with Crippen LogP contribution in [0.5, 0.6) is 0 Å². The molecule has 0 aromatic carbocycles. The number of rotatable bonds is 5. The van der Waals surface area contributed by atoms with Crippen molar-refractivity contribution in [3.63, 3.8) is 0 Å². The van der Waals surface area contributed by atoms with E-state index in [1.165, 1.54) is 6.20 Å². The van der Waals surface area contributed by atoms with Crippen molar-refractivity contribution in [2.24, 2.45) is 13.0 Å². The Morgan fingerprint density at radius 1 is 1.32 bits per heavy atom. The van der Waals surface area contributed by atoms with Gasteiger partial charge in [0.25, 0.3) is 5.91 Å². The first kappa shape index (κ1) is 15.8. The van der Waals surface area contributed by atoms with Crippen molar-refractivity contribution >= 4 is 11.9 Å². The van der Waals surface area contributed by atoms with Crippen LogP contribution >= 0.6 is 0 Å².